The third-order valence-electron chi connectivity index (χ3n) is 3.54. The molecule has 6 heteroatoms. The summed E-state index contributed by atoms with van der Waals surface area (Å²) < 4.78 is 0. The van der Waals surface area contributed by atoms with Gasteiger partial charge in [-0.05, 0) is 36.8 Å². The molecular formula is C19H15N5O. The molecule has 0 radical (unpaired) electrons. The fourth-order valence-electron chi connectivity index (χ4n) is 2.22. The number of carbonyl (C=O) groups is 1. The van der Waals surface area contributed by atoms with E-state index in [2.05, 4.69) is 26.7 Å². The zero-order valence-corrected chi connectivity index (χ0v) is 13.5. The lowest BCUT2D eigenvalue weighted by Gasteiger charge is -2.08. The molecule has 1 heterocycles. The largest absolute Gasteiger partial charge is 0.339 e. The number of nitriles is 1. The number of nitrogens with zero attached hydrogens (tertiary/aromatic N) is 3. The van der Waals surface area contributed by atoms with Gasteiger partial charge in [0.25, 0.3) is 5.91 Å². The Morgan fingerprint density at radius 2 is 1.92 bits per heavy atom. The molecule has 25 heavy (non-hydrogen) atoms. The fraction of sp³-hybridized carbons (Fsp3) is 0.0526. The van der Waals surface area contributed by atoms with Crippen molar-refractivity contribution in [1.29, 1.82) is 5.26 Å². The minimum Gasteiger partial charge on any atom is -0.339 e. The molecule has 0 saturated heterocycles. The number of nitrogens with one attached hydrogen (secondary N) is 2. The van der Waals surface area contributed by atoms with Gasteiger partial charge in [0.15, 0.2) is 0 Å². The van der Waals surface area contributed by atoms with Crippen LogP contribution < -0.4 is 10.6 Å². The van der Waals surface area contributed by atoms with Crippen LogP contribution in [0.15, 0.2) is 60.9 Å². The monoisotopic (exact) mass is 329 g/mol. The van der Waals surface area contributed by atoms with E-state index in [1.54, 1.807) is 18.2 Å². The maximum atomic E-state index is 12.2. The predicted octanol–water partition coefficient (Wildman–Crippen LogP) is 3.65. The van der Waals surface area contributed by atoms with Crippen LogP contribution in [0.1, 0.15) is 21.6 Å². The van der Waals surface area contributed by atoms with E-state index in [-0.39, 0.29) is 11.6 Å². The van der Waals surface area contributed by atoms with Crippen LogP contribution in [0, 0.1) is 18.3 Å². The van der Waals surface area contributed by atoms with E-state index < -0.39 is 0 Å². The Morgan fingerprint density at radius 1 is 1.08 bits per heavy atom. The Morgan fingerprint density at radius 3 is 2.64 bits per heavy atom. The van der Waals surface area contributed by atoms with Crippen molar-refractivity contribution >= 4 is 23.1 Å². The first-order chi connectivity index (χ1) is 12.2. The zero-order chi connectivity index (χ0) is 17.6. The van der Waals surface area contributed by atoms with E-state index in [0.717, 1.165) is 16.9 Å². The van der Waals surface area contributed by atoms with Crippen molar-refractivity contribution in [3.05, 3.63) is 77.7 Å². The first-order valence-electron chi connectivity index (χ1n) is 7.62. The maximum absolute atomic E-state index is 12.2. The highest BCUT2D eigenvalue weighted by molar-refractivity contribution is 6.03. The molecule has 3 aromatic rings. The van der Waals surface area contributed by atoms with Crippen LogP contribution in [0.3, 0.4) is 0 Å². The van der Waals surface area contributed by atoms with Crippen molar-refractivity contribution in [2.75, 3.05) is 10.6 Å². The summed E-state index contributed by atoms with van der Waals surface area (Å²) in [5.41, 5.74) is 3.21. The van der Waals surface area contributed by atoms with Gasteiger partial charge in [-0.1, -0.05) is 24.3 Å². The van der Waals surface area contributed by atoms with Gasteiger partial charge in [0, 0.05) is 11.4 Å². The van der Waals surface area contributed by atoms with Gasteiger partial charge in [-0.2, -0.15) is 5.26 Å². The van der Waals surface area contributed by atoms with Gasteiger partial charge in [0.1, 0.15) is 11.5 Å². The molecular weight excluding hydrogens is 314 g/mol. The Labute approximate surface area is 145 Å². The third-order valence-corrected chi connectivity index (χ3v) is 3.54. The second-order valence-electron chi connectivity index (χ2n) is 5.37. The summed E-state index contributed by atoms with van der Waals surface area (Å²) in [5, 5.41) is 14.8. The van der Waals surface area contributed by atoms with E-state index in [0.29, 0.717) is 11.4 Å². The molecule has 1 amide bonds. The molecule has 122 valence electrons. The number of anilines is 3. The Balaban J connectivity index is 1.70. The smallest absolute Gasteiger partial charge is 0.275 e. The van der Waals surface area contributed by atoms with Gasteiger partial charge in [-0.3, -0.25) is 4.79 Å². The molecule has 0 bridgehead atoms. The van der Waals surface area contributed by atoms with Crippen LogP contribution in [-0.4, -0.2) is 15.9 Å². The summed E-state index contributed by atoms with van der Waals surface area (Å²) in [5.74, 6) is 0.169. The quantitative estimate of drug-likeness (QED) is 0.762. The molecule has 3 rings (SSSR count). The maximum Gasteiger partial charge on any atom is 0.275 e. The average molecular weight is 329 g/mol. The molecule has 1 aromatic heterocycles. The zero-order valence-electron chi connectivity index (χ0n) is 13.5. The molecule has 0 fully saturated rings. The second kappa shape index (κ2) is 7.23. The first-order valence-corrected chi connectivity index (χ1v) is 7.62. The number of amides is 1. The third kappa shape index (κ3) is 3.98. The molecule has 6 nitrogen and oxygen atoms in total. The van der Waals surface area contributed by atoms with Crippen LogP contribution in [0.25, 0.3) is 0 Å². The minimum atomic E-state index is -0.320. The summed E-state index contributed by atoms with van der Waals surface area (Å²) in [6, 6.07) is 16.6. The molecule has 0 spiro atoms. The molecule has 0 atom stereocenters. The number of hydrogen-bond donors (Lipinski definition) is 2. The summed E-state index contributed by atoms with van der Waals surface area (Å²) in [6.45, 7) is 1.92. The van der Waals surface area contributed by atoms with Crippen molar-refractivity contribution < 1.29 is 4.79 Å². The number of carbonyl (C=O) groups excluding carboxylic acids is 1. The fourth-order valence-corrected chi connectivity index (χ4v) is 2.22. The molecule has 2 aromatic carbocycles. The predicted molar refractivity (Wildman–Crippen MR) is 95.6 cm³/mol. The Hall–Kier alpha value is -3.72. The molecule has 0 unspecified atom stereocenters. The van der Waals surface area contributed by atoms with Crippen molar-refractivity contribution in [3.63, 3.8) is 0 Å². The first kappa shape index (κ1) is 16.1. The second-order valence-corrected chi connectivity index (χ2v) is 5.37. The summed E-state index contributed by atoms with van der Waals surface area (Å²) in [6.07, 6.45) is 2.88. The van der Waals surface area contributed by atoms with E-state index in [1.807, 2.05) is 37.3 Å². The van der Waals surface area contributed by atoms with Crippen molar-refractivity contribution in [1.82, 2.24) is 9.97 Å². The molecule has 2 N–H and O–H groups in total. The average Bonchev–Trinajstić information content (AvgIpc) is 2.64. The minimum absolute atomic E-state index is 0.222. The molecule has 0 aliphatic rings. The highest BCUT2D eigenvalue weighted by Crippen LogP contribution is 2.16. The number of benzene rings is 2. The highest BCUT2D eigenvalue weighted by atomic mass is 16.1. The van der Waals surface area contributed by atoms with Gasteiger partial charge in [0.2, 0.25) is 0 Å². The molecule has 0 aliphatic carbocycles. The van der Waals surface area contributed by atoms with Crippen LogP contribution in [-0.2, 0) is 0 Å². The van der Waals surface area contributed by atoms with Crippen LogP contribution in [0.4, 0.5) is 17.2 Å². The van der Waals surface area contributed by atoms with Gasteiger partial charge in [-0.15, -0.1) is 0 Å². The standard InChI is InChI=1S/C19H15N5O/c1-13-5-2-3-8-16(13)24-19(25)17-11-22-18(12-21-17)23-15-7-4-6-14(9-15)10-20/h2-9,11-12H,1H3,(H,22,23)(H,24,25). The molecule has 0 aliphatic heterocycles. The van der Waals surface area contributed by atoms with Crippen molar-refractivity contribution in [2.24, 2.45) is 0 Å². The van der Waals surface area contributed by atoms with E-state index >= 15 is 0 Å². The Kier molecular flexibility index (Phi) is 4.67. The lowest BCUT2D eigenvalue weighted by molar-refractivity contribution is 0.102. The van der Waals surface area contributed by atoms with Crippen LogP contribution >= 0.6 is 0 Å². The topological polar surface area (TPSA) is 90.7 Å². The number of hydrogen-bond acceptors (Lipinski definition) is 5. The van der Waals surface area contributed by atoms with Crippen molar-refractivity contribution in [3.8, 4) is 6.07 Å². The summed E-state index contributed by atoms with van der Waals surface area (Å²) in [4.78, 5) is 20.6. The highest BCUT2D eigenvalue weighted by Gasteiger charge is 2.09. The number of para-hydroxylation sites is 1. The van der Waals surface area contributed by atoms with Gasteiger partial charge < -0.3 is 10.6 Å². The summed E-state index contributed by atoms with van der Waals surface area (Å²) >= 11 is 0. The normalized spacial score (nSPS) is 9.92. The summed E-state index contributed by atoms with van der Waals surface area (Å²) in [7, 11) is 0. The molecule has 0 saturated carbocycles. The van der Waals surface area contributed by atoms with E-state index in [1.165, 1.54) is 12.4 Å². The lowest BCUT2D eigenvalue weighted by Crippen LogP contribution is -2.15. The lowest BCUT2D eigenvalue weighted by atomic mass is 10.2. The van der Waals surface area contributed by atoms with Crippen LogP contribution in [0.2, 0.25) is 0 Å². The van der Waals surface area contributed by atoms with Gasteiger partial charge in [-0.25, -0.2) is 9.97 Å². The SMILES string of the molecule is Cc1ccccc1NC(=O)c1cnc(Nc2cccc(C#N)c2)cn1. The van der Waals surface area contributed by atoms with E-state index in [9.17, 15) is 4.79 Å². The van der Waals surface area contributed by atoms with Gasteiger partial charge >= 0.3 is 0 Å². The number of aryl methyl sites for hydroxylation is 1. The van der Waals surface area contributed by atoms with E-state index in [4.69, 9.17) is 5.26 Å². The van der Waals surface area contributed by atoms with Crippen molar-refractivity contribution in [2.45, 2.75) is 6.92 Å². The van der Waals surface area contributed by atoms with Gasteiger partial charge in [0.05, 0.1) is 24.0 Å². The van der Waals surface area contributed by atoms with Crippen LogP contribution in [0.5, 0.6) is 0 Å². The number of rotatable bonds is 4. The number of aromatic nitrogens is 2. The Bertz CT molecular complexity index is 945.